The first-order chi connectivity index (χ1) is 11.6. The van der Waals surface area contributed by atoms with Crippen LogP contribution in [0.15, 0.2) is 30.6 Å². The molecule has 0 unspecified atom stereocenters. The van der Waals surface area contributed by atoms with Gasteiger partial charge in [0.1, 0.15) is 11.6 Å². The number of benzene rings is 1. The van der Waals surface area contributed by atoms with Gasteiger partial charge in [-0.1, -0.05) is 0 Å². The van der Waals surface area contributed by atoms with Gasteiger partial charge in [-0.15, -0.1) is 0 Å². The van der Waals surface area contributed by atoms with E-state index in [1.807, 2.05) is 6.92 Å². The van der Waals surface area contributed by atoms with E-state index in [1.165, 1.54) is 25.3 Å². The molecule has 1 saturated heterocycles. The molecule has 1 aliphatic heterocycles. The molecule has 2 aromatic rings. The lowest BCUT2D eigenvalue weighted by Crippen LogP contribution is -2.38. The molecule has 6 heteroatoms. The number of carbonyl (C=O) groups is 1. The van der Waals surface area contributed by atoms with Crippen LogP contribution in [0.25, 0.3) is 0 Å². The minimum atomic E-state index is -0.441. The third-order valence-electron chi connectivity index (χ3n) is 4.37. The van der Waals surface area contributed by atoms with Crippen LogP contribution in [0.5, 0.6) is 5.75 Å². The second kappa shape index (κ2) is 6.95. The number of ether oxygens (including phenoxy) is 1. The summed E-state index contributed by atoms with van der Waals surface area (Å²) < 4.78 is 18.7. The predicted octanol–water partition coefficient (Wildman–Crippen LogP) is 2.95. The third-order valence-corrected chi connectivity index (χ3v) is 4.37. The van der Waals surface area contributed by atoms with Crippen LogP contribution in [0.2, 0.25) is 0 Å². The molecule has 1 aromatic carbocycles. The lowest BCUT2D eigenvalue weighted by molar-refractivity contribution is 0.0708. The number of hydrogen-bond donors (Lipinski definition) is 0. The number of methoxy groups -OCH3 is 1. The fourth-order valence-electron chi connectivity index (χ4n) is 3.08. The average molecular weight is 329 g/mol. The van der Waals surface area contributed by atoms with E-state index in [9.17, 15) is 9.18 Å². The Morgan fingerprint density at radius 3 is 2.71 bits per heavy atom. The molecular formula is C18H20FN3O2. The molecule has 126 valence electrons. The topological polar surface area (TPSA) is 55.3 Å². The zero-order valence-electron chi connectivity index (χ0n) is 13.8. The predicted molar refractivity (Wildman–Crippen MR) is 87.6 cm³/mol. The lowest BCUT2D eigenvalue weighted by atomic mass is 9.93. The number of halogens is 1. The van der Waals surface area contributed by atoms with E-state index in [0.29, 0.717) is 24.8 Å². The molecule has 5 nitrogen and oxygen atoms in total. The molecular weight excluding hydrogens is 309 g/mol. The maximum atomic E-state index is 13.5. The van der Waals surface area contributed by atoms with Crippen LogP contribution < -0.4 is 4.74 Å². The first kappa shape index (κ1) is 16.4. The molecule has 0 spiro atoms. The number of carbonyl (C=O) groups excluding carboxylic acids is 1. The van der Waals surface area contributed by atoms with Crippen LogP contribution in [0, 0.1) is 12.7 Å². The maximum absolute atomic E-state index is 13.5. The van der Waals surface area contributed by atoms with Gasteiger partial charge in [0.2, 0.25) is 0 Å². The second-order valence-electron chi connectivity index (χ2n) is 6.00. The van der Waals surface area contributed by atoms with Crippen molar-refractivity contribution in [3.05, 3.63) is 53.4 Å². The van der Waals surface area contributed by atoms with Crippen molar-refractivity contribution in [2.45, 2.75) is 25.7 Å². The molecule has 1 amide bonds. The summed E-state index contributed by atoms with van der Waals surface area (Å²) in [7, 11) is 1.48. The number of hydrogen-bond acceptors (Lipinski definition) is 4. The van der Waals surface area contributed by atoms with Crippen LogP contribution >= 0.6 is 0 Å². The van der Waals surface area contributed by atoms with Crippen molar-refractivity contribution in [2.24, 2.45) is 0 Å². The summed E-state index contributed by atoms with van der Waals surface area (Å²) >= 11 is 0. The molecule has 0 bridgehead atoms. The van der Waals surface area contributed by atoms with Gasteiger partial charge in [-0.25, -0.2) is 4.39 Å². The summed E-state index contributed by atoms with van der Waals surface area (Å²) in [4.78, 5) is 23.1. The minimum Gasteiger partial charge on any atom is -0.496 e. The number of aromatic nitrogens is 2. The monoisotopic (exact) mass is 329 g/mol. The zero-order chi connectivity index (χ0) is 17.1. The van der Waals surface area contributed by atoms with Crippen molar-refractivity contribution in [1.82, 2.24) is 14.9 Å². The van der Waals surface area contributed by atoms with Gasteiger partial charge >= 0.3 is 0 Å². The van der Waals surface area contributed by atoms with E-state index in [2.05, 4.69) is 9.97 Å². The average Bonchev–Trinajstić information content (AvgIpc) is 2.61. The van der Waals surface area contributed by atoms with Crippen molar-refractivity contribution >= 4 is 5.91 Å². The number of amides is 1. The summed E-state index contributed by atoms with van der Waals surface area (Å²) in [5.74, 6) is 0.0631. The highest BCUT2D eigenvalue weighted by Crippen LogP contribution is 2.29. The second-order valence-corrected chi connectivity index (χ2v) is 6.00. The van der Waals surface area contributed by atoms with Crippen LogP contribution in [-0.2, 0) is 0 Å². The fraction of sp³-hybridized carbons (Fsp3) is 0.389. The number of piperidine rings is 1. The van der Waals surface area contributed by atoms with E-state index in [4.69, 9.17) is 4.74 Å². The Labute approximate surface area is 140 Å². The summed E-state index contributed by atoms with van der Waals surface area (Å²) in [6.07, 6.45) is 5.17. The van der Waals surface area contributed by atoms with Crippen LogP contribution in [0.3, 0.4) is 0 Å². The molecule has 0 atom stereocenters. The number of nitrogens with zero attached hydrogens (tertiary/aromatic N) is 3. The molecule has 1 aliphatic rings. The molecule has 0 saturated carbocycles. The molecule has 24 heavy (non-hydrogen) atoms. The Morgan fingerprint density at radius 1 is 1.29 bits per heavy atom. The number of aryl methyl sites for hydroxylation is 1. The number of rotatable bonds is 3. The first-order valence-corrected chi connectivity index (χ1v) is 8.00. The summed E-state index contributed by atoms with van der Waals surface area (Å²) in [6, 6.07) is 4.01. The number of likely N-dealkylation sites (tertiary alicyclic amines) is 1. The SMILES string of the molecule is COc1ccc(F)cc1C(=O)N1CCC(c2cncc(C)n2)CC1. The third kappa shape index (κ3) is 3.37. The van der Waals surface area contributed by atoms with E-state index in [-0.39, 0.29) is 11.5 Å². The Hall–Kier alpha value is -2.50. The summed E-state index contributed by atoms with van der Waals surface area (Å²) in [6.45, 7) is 3.14. The molecule has 0 radical (unpaired) electrons. The highest BCUT2D eigenvalue weighted by atomic mass is 19.1. The van der Waals surface area contributed by atoms with Crippen molar-refractivity contribution in [2.75, 3.05) is 20.2 Å². The Balaban J connectivity index is 1.70. The van der Waals surface area contributed by atoms with E-state index < -0.39 is 5.82 Å². The minimum absolute atomic E-state index is 0.194. The zero-order valence-corrected chi connectivity index (χ0v) is 13.8. The van der Waals surface area contributed by atoms with Gasteiger partial charge in [0.15, 0.2) is 0 Å². The van der Waals surface area contributed by atoms with Gasteiger partial charge in [-0.05, 0) is 38.0 Å². The van der Waals surface area contributed by atoms with Crippen LogP contribution in [0.4, 0.5) is 4.39 Å². The van der Waals surface area contributed by atoms with Crippen LogP contribution in [0.1, 0.15) is 40.5 Å². The van der Waals surface area contributed by atoms with Gasteiger partial charge in [0, 0.05) is 31.4 Å². The first-order valence-electron chi connectivity index (χ1n) is 8.00. The Kier molecular flexibility index (Phi) is 4.74. The van der Waals surface area contributed by atoms with Gasteiger partial charge in [0.25, 0.3) is 5.91 Å². The summed E-state index contributed by atoms with van der Waals surface area (Å²) in [5, 5.41) is 0. The van der Waals surface area contributed by atoms with Crippen molar-refractivity contribution in [3.63, 3.8) is 0 Å². The molecule has 0 aliphatic carbocycles. The van der Waals surface area contributed by atoms with Crippen molar-refractivity contribution < 1.29 is 13.9 Å². The van der Waals surface area contributed by atoms with Crippen molar-refractivity contribution in [3.8, 4) is 5.75 Å². The fourth-order valence-corrected chi connectivity index (χ4v) is 3.08. The molecule has 0 N–H and O–H groups in total. The van der Waals surface area contributed by atoms with Gasteiger partial charge < -0.3 is 9.64 Å². The standard InChI is InChI=1S/C18H20FN3O2/c1-12-10-20-11-16(21-12)13-5-7-22(8-6-13)18(23)15-9-14(19)3-4-17(15)24-2/h3-4,9-11,13H,5-8H2,1-2H3. The van der Waals surface area contributed by atoms with E-state index in [0.717, 1.165) is 24.2 Å². The van der Waals surface area contributed by atoms with Crippen LogP contribution in [-0.4, -0.2) is 41.0 Å². The highest BCUT2D eigenvalue weighted by molar-refractivity contribution is 5.97. The molecule has 1 aromatic heterocycles. The smallest absolute Gasteiger partial charge is 0.257 e. The summed E-state index contributed by atoms with van der Waals surface area (Å²) in [5.41, 5.74) is 2.15. The van der Waals surface area contributed by atoms with Gasteiger partial charge in [-0.2, -0.15) is 0 Å². The highest BCUT2D eigenvalue weighted by Gasteiger charge is 2.27. The Morgan fingerprint density at radius 2 is 2.04 bits per heavy atom. The van der Waals surface area contributed by atoms with Gasteiger partial charge in [0.05, 0.1) is 24.1 Å². The normalized spacial score (nSPS) is 15.4. The molecule has 1 fully saturated rings. The lowest BCUT2D eigenvalue weighted by Gasteiger charge is -2.32. The van der Waals surface area contributed by atoms with Crippen molar-refractivity contribution in [1.29, 1.82) is 0 Å². The Bertz CT molecular complexity index is 743. The van der Waals surface area contributed by atoms with E-state index in [1.54, 1.807) is 17.3 Å². The quantitative estimate of drug-likeness (QED) is 0.869. The molecule has 3 rings (SSSR count). The molecule has 2 heterocycles. The van der Waals surface area contributed by atoms with Gasteiger partial charge in [-0.3, -0.25) is 14.8 Å². The maximum Gasteiger partial charge on any atom is 0.257 e. The largest absolute Gasteiger partial charge is 0.496 e. The van der Waals surface area contributed by atoms with E-state index >= 15 is 0 Å².